The highest BCUT2D eigenvalue weighted by Crippen LogP contribution is 2.37. The Bertz CT molecular complexity index is 851. The predicted molar refractivity (Wildman–Crippen MR) is 126 cm³/mol. The first-order valence-corrected chi connectivity index (χ1v) is 12.3. The number of morpholine rings is 1. The molecule has 0 spiro atoms. The van der Waals surface area contributed by atoms with E-state index in [1.165, 1.54) is 0 Å². The molecule has 3 heterocycles. The summed E-state index contributed by atoms with van der Waals surface area (Å²) in [4.78, 5) is 19.7. The third-order valence-corrected chi connectivity index (χ3v) is 7.32. The largest absolute Gasteiger partial charge is 0.492 e. The monoisotopic (exact) mass is 442 g/mol. The molecule has 0 aliphatic carbocycles. The van der Waals surface area contributed by atoms with Crippen LogP contribution in [-0.4, -0.2) is 67.2 Å². The van der Waals surface area contributed by atoms with Gasteiger partial charge in [0.25, 0.3) is 5.91 Å². The molecule has 6 heteroatoms. The number of piperidine rings is 1. The number of thiophene rings is 1. The van der Waals surface area contributed by atoms with E-state index in [0.29, 0.717) is 24.7 Å². The highest BCUT2D eigenvalue weighted by molar-refractivity contribution is 7.17. The van der Waals surface area contributed by atoms with E-state index in [4.69, 9.17) is 9.47 Å². The van der Waals surface area contributed by atoms with Crippen molar-refractivity contribution in [2.75, 3.05) is 39.3 Å². The SMILES string of the molecule is CCOc1cc(-c2ccccc2)sc1C(=O)N1CCC(CN2CC(C)OC(C)C2)CC1. The minimum Gasteiger partial charge on any atom is -0.492 e. The number of carbonyl (C=O) groups excluding carboxylic acids is 1. The number of likely N-dealkylation sites (tertiary alicyclic amines) is 1. The number of carbonyl (C=O) groups is 1. The van der Waals surface area contributed by atoms with Crippen molar-refractivity contribution in [2.24, 2.45) is 5.92 Å². The van der Waals surface area contributed by atoms with Crippen LogP contribution in [0.4, 0.5) is 0 Å². The molecule has 2 aliphatic heterocycles. The van der Waals surface area contributed by atoms with Crippen LogP contribution in [0.1, 0.15) is 43.3 Å². The van der Waals surface area contributed by atoms with Crippen molar-refractivity contribution in [1.82, 2.24) is 9.80 Å². The summed E-state index contributed by atoms with van der Waals surface area (Å²) in [5.74, 6) is 1.48. The fourth-order valence-electron chi connectivity index (χ4n) is 4.79. The zero-order chi connectivity index (χ0) is 21.8. The molecule has 2 aliphatic rings. The van der Waals surface area contributed by atoms with Crippen LogP contribution in [0.3, 0.4) is 0 Å². The normalized spacial score (nSPS) is 23.1. The molecule has 0 saturated carbocycles. The maximum atomic E-state index is 13.4. The average Bonchev–Trinajstić information content (AvgIpc) is 3.18. The maximum absolute atomic E-state index is 13.4. The number of nitrogens with zero attached hydrogens (tertiary/aromatic N) is 2. The Morgan fingerprint density at radius 1 is 1.13 bits per heavy atom. The summed E-state index contributed by atoms with van der Waals surface area (Å²) < 4.78 is 11.7. The Balaban J connectivity index is 1.38. The maximum Gasteiger partial charge on any atom is 0.267 e. The molecule has 2 fully saturated rings. The van der Waals surface area contributed by atoms with Crippen molar-refractivity contribution in [3.8, 4) is 16.2 Å². The Kier molecular flexibility index (Phi) is 7.31. The van der Waals surface area contributed by atoms with Crippen molar-refractivity contribution in [2.45, 2.75) is 45.8 Å². The zero-order valence-electron chi connectivity index (χ0n) is 18.9. The first-order valence-electron chi connectivity index (χ1n) is 11.5. The summed E-state index contributed by atoms with van der Waals surface area (Å²) in [6.07, 6.45) is 2.74. The van der Waals surface area contributed by atoms with Crippen LogP contribution in [0.5, 0.6) is 5.75 Å². The van der Waals surface area contributed by atoms with Gasteiger partial charge in [-0.15, -0.1) is 11.3 Å². The van der Waals surface area contributed by atoms with Gasteiger partial charge in [0.2, 0.25) is 0 Å². The number of amides is 1. The second-order valence-corrected chi connectivity index (χ2v) is 9.87. The Morgan fingerprint density at radius 2 is 1.81 bits per heavy atom. The van der Waals surface area contributed by atoms with Crippen LogP contribution in [-0.2, 0) is 4.74 Å². The molecule has 31 heavy (non-hydrogen) atoms. The topological polar surface area (TPSA) is 42.0 Å². The van der Waals surface area contributed by atoms with Crippen LogP contribution in [0.2, 0.25) is 0 Å². The second-order valence-electron chi connectivity index (χ2n) is 8.81. The van der Waals surface area contributed by atoms with Crippen molar-refractivity contribution in [3.05, 3.63) is 41.3 Å². The molecular formula is C25H34N2O3S. The third-order valence-electron chi connectivity index (χ3n) is 6.16. The van der Waals surface area contributed by atoms with Gasteiger partial charge in [0.1, 0.15) is 10.6 Å². The number of hydrogen-bond acceptors (Lipinski definition) is 5. The second kappa shape index (κ2) is 10.2. The average molecular weight is 443 g/mol. The summed E-state index contributed by atoms with van der Waals surface area (Å²) >= 11 is 1.55. The van der Waals surface area contributed by atoms with E-state index >= 15 is 0 Å². The standard InChI is InChI=1S/C25H34N2O3S/c1-4-29-22-14-23(21-8-6-5-7-9-21)31-24(22)25(28)27-12-10-20(11-13-27)17-26-15-18(2)30-19(3)16-26/h5-9,14,18-20H,4,10-13,15-17H2,1-3H3. The minimum atomic E-state index is 0.114. The summed E-state index contributed by atoms with van der Waals surface area (Å²) in [7, 11) is 0. The van der Waals surface area contributed by atoms with Gasteiger partial charge in [0.05, 0.1) is 18.8 Å². The van der Waals surface area contributed by atoms with E-state index in [0.717, 1.165) is 66.6 Å². The lowest BCUT2D eigenvalue weighted by molar-refractivity contribution is -0.0728. The van der Waals surface area contributed by atoms with E-state index in [1.54, 1.807) is 11.3 Å². The molecule has 2 unspecified atom stereocenters. The minimum absolute atomic E-state index is 0.114. The van der Waals surface area contributed by atoms with Gasteiger partial charge in [-0.05, 0) is 51.2 Å². The fraction of sp³-hybridized carbons (Fsp3) is 0.560. The lowest BCUT2D eigenvalue weighted by Gasteiger charge is -2.39. The molecule has 1 aromatic heterocycles. The molecule has 0 bridgehead atoms. The van der Waals surface area contributed by atoms with E-state index in [1.807, 2.05) is 36.1 Å². The van der Waals surface area contributed by atoms with Gasteiger partial charge in [-0.3, -0.25) is 9.69 Å². The van der Waals surface area contributed by atoms with Crippen molar-refractivity contribution in [1.29, 1.82) is 0 Å². The number of ether oxygens (including phenoxy) is 2. The molecule has 4 rings (SSSR count). The lowest BCUT2D eigenvalue weighted by atomic mass is 9.95. The van der Waals surface area contributed by atoms with E-state index < -0.39 is 0 Å². The van der Waals surface area contributed by atoms with Gasteiger partial charge in [-0.2, -0.15) is 0 Å². The Morgan fingerprint density at radius 3 is 2.45 bits per heavy atom. The molecule has 0 N–H and O–H groups in total. The predicted octanol–water partition coefficient (Wildman–Crippen LogP) is 4.78. The van der Waals surface area contributed by atoms with Crippen LogP contribution >= 0.6 is 11.3 Å². The highest BCUT2D eigenvalue weighted by atomic mass is 32.1. The Hall–Kier alpha value is -1.89. The van der Waals surface area contributed by atoms with Gasteiger partial charge in [0, 0.05) is 37.6 Å². The van der Waals surface area contributed by atoms with Gasteiger partial charge in [-0.1, -0.05) is 30.3 Å². The molecule has 5 nitrogen and oxygen atoms in total. The van der Waals surface area contributed by atoms with E-state index in [9.17, 15) is 4.79 Å². The van der Waals surface area contributed by atoms with Gasteiger partial charge in [0.15, 0.2) is 0 Å². The van der Waals surface area contributed by atoms with Gasteiger partial charge < -0.3 is 14.4 Å². The summed E-state index contributed by atoms with van der Waals surface area (Å²) in [6.45, 7) is 11.6. The first-order chi connectivity index (χ1) is 15.0. The van der Waals surface area contributed by atoms with Crippen molar-refractivity contribution < 1.29 is 14.3 Å². The van der Waals surface area contributed by atoms with Crippen LogP contribution in [0.15, 0.2) is 36.4 Å². The first kappa shape index (κ1) is 22.3. The number of hydrogen-bond donors (Lipinski definition) is 0. The summed E-state index contributed by atoms with van der Waals surface area (Å²) in [5.41, 5.74) is 1.13. The quantitative estimate of drug-likeness (QED) is 0.646. The lowest BCUT2D eigenvalue weighted by Crippen LogP contribution is -2.48. The smallest absolute Gasteiger partial charge is 0.267 e. The van der Waals surface area contributed by atoms with Crippen LogP contribution in [0.25, 0.3) is 10.4 Å². The molecule has 2 atom stereocenters. The van der Waals surface area contributed by atoms with Gasteiger partial charge in [-0.25, -0.2) is 0 Å². The molecule has 2 saturated heterocycles. The van der Waals surface area contributed by atoms with Crippen molar-refractivity contribution >= 4 is 17.2 Å². The molecule has 168 valence electrons. The Labute approximate surface area is 189 Å². The van der Waals surface area contributed by atoms with Crippen LogP contribution in [0, 0.1) is 5.92 Å². The highest BCUT2D eigenvalue weighted by Gasteiger charge is 2.30. The molecular weight excluding hydrogens is 408 g/mol. The number of rotatable bonds is 6. The zero-order valence-corrected chi connectivity index (χ0v) is 19.7. The molecule has 0 radical (unpaired) electrons. The van der Waals surface area contributed by atoms with Crippen molar-refractivity contribution in [3.63, 3.8) is 0 Å². The number of benzene rings is 1. The fourth-order valence-corrected chi connectivity index (χ4v) is 5.87. The molecule has 2 aromatic rings. The van der Waals surface area contributed by atoms with E-state index in [-0.39, 0.29) is 5.91 Å². The van der Waals surface area contributed by atoms with Gasteiger partial charge >= 0.3 is 0 Å². The third kappa shape index (κ3) is 5.48. The molecule has 1 amide bonds. The molecule has 1 aromatic carbocycles. The van der Waals surface area contributed by atoms with Crippen LogP contribution < -0.4 is 4.74 Å². The summed E-state index contributed by atoms with van der Waals surface area (Å²) in [6, 6.07) is 12.2. The summed E-state index contributed by atoms with van der Waals surface area (Å²) in [5, 5.41) is 0. The van der Waals surface area contributed by atoms with E-state index in [2.05, 4.69) is 30.9 Å².